The number of para-hydroxylation sites is 3. The van der Waals surface area contributed by atoms with Crippen LogP contribution in [0.1, 0.15) is 11.3 Å². The fourth-order valence-corrected chi connectivity index (χ4v) is 3.82. The Balaban J connectivity index is 1.49. The van der Waals surface area contributed by atoms with Crippen molar-refractivity contribution >= 4 is 28.2 Å². The van der Waals surface area contributed by atoms with Gasteiger partial charge in [-0.05, 0) is 30.7 Å². The number of nitrogens with zero attached hydrogens (tertiary/aromatic N) is 3. The second-order valence-corrected chi connectivity index (χ2v) is 7.14. The average molecular weight is 368 g/mol. The number of aromatic nitrogens is 1. The first-order valence-electron chi connectivity index (χ1n) is 8.92. The minimum atomic E-state index is 0.343. The number of phenolic OH excluding ortho intramolecular Hbond substituents is 1. The molecule has 2 aromatic carbocycles. The smallest absolute Gasteiger partial charge is 0.138 e. The number of pyridine rings is 1. The molecule has 1 aliphatic heterocycles. The molecule has 0 spiro atoms. The quantitative estimate of drug-likeness (QED) is 0.752. The van der Waals surface area contributed by atoms with Gasteiger partial charge in [-0.3, -0.25) is 4.90 Å². The van der Waals surface area contributed by atoms with Crippen LogP contribution in [0.3, 0.4) is 0 Å². The van der Waals surface area contributed by atoms with Crippen molar-refractivity contribution in [2.24, 2.45) is 0 Å². The summed E-state index contributed by atoms with van der Waals surface area (Å²) in [6.07, 6.45) is 0. The van der Waals surface area contributed by atoms with Crippen molar-refractivity contribution in [1.82, 2.24) is 9.88 Å². The van der Waals surface area contributed by atoms with E-state index in [-0.39, 0.29) is 0 Å². The third kappa shape index (κ3) is 3.22. The Morgan fingerprint density at radius 3 is 2.46 bits per heavy atom. The zero-order valence-corrected chi connectivity index (χ0v) is 15.6. The Kier molecular flexibility index (Phi) is 4.70. The summed E-state index contributed by atoms with van der Waals surface area (Å²) in [5, 5.41) is 11.9. The summed E-state index contributed by atoms with van der Waals surface area (Å²) in [4.78, 5) is 9.40. The average Bonchev–Trinajstić information content (AvgIpc) is 2.67. The van der Waals surface area contributed by atoms with E-state index in [9.17, 15) is 5.11 Å². The van der Waals surface area contributed by atoms with Crippen LogP contribution >= 0.6 is 11.6 Å². The Hall–Kier alpha value is -2.30. The first kappa shape index (κ1) is 17.1. The molecular weight excluding hydrogens is 346 g/mol. The molecule has 0 bridgehead atoms. The van der Waals surface area contributed by atoms with Gasteiger partial charge in [0.1, 0.15) is 5.75 Å². The number of aryl methyl sites for hydroxylation is 1. The van der Waals surface area contributed by atoms with Gasteiger partial charge in [0.15, 0.2) is 0 Å². The predicted molar refractivity (Wildman–Crippen MR) is 107 cm³/mol. The number of aromatic hydroxyl groups is 1. The first-order valence-corrected chi connectivity index (χ1v) is 9.30. The van der Waals surface area contributed by atoms with Gasteiger partial charge >= 0.3 is 0 Å². The van der Waals surface area contributed by atoms with Crippen molar-refractivity contribution < 1.29 is 5.11 Å². The molecule has 0 saturated carbocycles. The van der Waals surface area contributed by atoms with Gasteiger partial charge in [-0.1, -0.05) is 41.9 Å². The zero-order valence-electron chi connectivity index (χ0n) is 14.8. The predicted octanol–water partition coefficient (Wildman–Crippen LogP) is 4.22. The molecule has 4 rings (SSSR count). The summed E-state index contributed by atoms with van der Waals surface area (Å²) in [5.74, 6) is 0.343. The lowest BCUT2D eigenvalue weighted by Gasteiger charge is -2.36. The van der Waals surface area contributed by atoms with Crippen LogP contribution in [0, 0.1) is 6.92 Å². The van der Waals surface area contributed by atoms with Crippen molar-refractivity contribution in [2.75, 3.05) is 31.1 Å². The molecule has 1 aromatic heterocycles. The van der Waals surface area contributed by atoms with Gasteiger partial charge in [-0.25, -0.2) is 4.98 Å². The molecule has 1 N–H and O–H groups in total. The number of phenols is 1. The minimum absolute atomic E-state index is 0.343. The topological polar surface area (TPSA) is 39.6 Å². The van der Waals surface area contributed by atoms with Crippen LogP contribution in [0.25, 0.3) is 10.9 Å². The SMILES string of the molecule is Cc1c(Cl)c(CN2CCN(c3ccccc3O)CC2)nc2ccccc12. The van der Waals surface area contributed by atoms with Gasteiger partial charge in [0, 0.05) is 38.1 Å². The summed E-state index contributed by atoms with van der Waals surface area (Å²) in [7, 11) is 0. The van der Waals surface area contributed by atoms with E-state index in [0.717, 1.165) is 65.6 Å². The number of rotatable bonds is 3. The molecule has 0 radical (unpaired) electrons. The second kappa shape index (κ2) is 7.14. The molecule has 1 aliphatic rings. The highest BCUT2D eigenvalue weighted by Gasteiger charge is 2.21. The molecule has 0 atom stereocenters. The molecule has 3 aromatic rings. The molecule has 2 heterocycles. The Bertz CT molecular complexity index is 936. The van der Waals surface area contributed by atoms with Gasteiger partial charge in [-0.2, -0.15) is 0 Å². The summed E-state index contributed by atoms with van der Waals surface area (Å²) in [5.41, 5.74) is 3.95. The van der Waals surface area contributed by atoms with E-state index in [0.29, 0.717) is 5.75 Å². The molecule has 1 saturated heterocycles. The van der Waals surface area contributed by atoms with E-state index >= 15 is 0 Å². The third-order valence-electron chi connectivity index (χ3n) is 5.11. The maximum absolute atomic E-state index is 10.0. The summed E-state index contributed by atoms with van der Waals surface area (Å²) >= 11 is 6.60. The highest BCUT2D eigenvalue weighted by molar-refractivity contribution is 6.32. The molecule has 134 valence electrons. The Labute approximate surface area is 158 Å². The highest BCUT2D eigenvalue weighted by Crippen LogP contribution is 2.29. The number of hydrogen-bond donors (Lipinski definition) is 1. The highest BCUT2D eigenvalue weighted by atomic mass is 35.5. The molecule has 0 amide bonds. The number of piperazine rings is 1. The molecule has 5 heteroatoms. The zero-order chi connectivity index (χ0) is 18.1. The summed E-state index contributed by atoms with van der Waals surface area (Å²) < 4.78 is 0. The van der Waals surface area contributed by atoms with Crippen LogP contribution in [-0.2, 0) is 6.54 Å². The van der Waals surface area contributed by atoms with E-state index in [4.69, 9.17) is 16.6 Å². The standard InChI is InChI=1S/C21H22ClN3O/c1-15-16-6-2-3-7-17(16)23-18(21(15)22)14-24-10-12-25(13-11-24)19-8-4-5-9-20(19)26/h2-9,26H,10-14H2,1H3. The first-order chi connectivity index (χ1) is 12.6. The van der Waals surface area contributed by atoms with Crippen molar-refractivity contribution in [3.8, 4) is 5.75 Å². The van der Waals surface area contributed by atoms with Crippen LogP contribution in [0.15, 0.2) is 48.5 Å². The van der Waals surface area contributed by atoms with Crippen LogP contribution in [0.4, 0.5) is 5.69 Å². The van der Waals surface area contributed by atoms with Crippen LogP contribution in [-0.4, -0.2) is 41.2 Å². The maximum Gasteiger partial charge on any atom is 0.138 e. The third-order valence-corrected chi connectivity index (χ3v) is 5.62. The molecule has 4 nitrogen and oxygen atoms in total. The Morgan fingerprint density at radius 1 is 1.00 bits per heavy atom. The lowest BCUT2D eigenvalue weighted by atomic mass is 10.1. The van der Waals surface area contributed by atoms with E-state index in [1.807, 2.05) is 36.4 Å². The number of anilines is 1. The van der Waals surface area contributed by atoms with E-state index in [2.05, 4.69) is 22.8 Å². The van der Waals surface area contributed by atoms with Gasteiger partial charge in [0.2, 0.25) is 0 Å². The normalized spacial score (nSPS) is 15.5. The number of fused-ring (bicyclic) bond motifs is 1. The van der Waals surface area contributed by atoms with E-state index in [1.54, 1.807) is 6.07 Å². The Morgan fingerprint density at radius 2 is 1.69 bits per heavy atom. The lowest BCUT2D eigenvalue weighted by molar-refractivity contribution is 0.247. The van der Waals surface area contributed by atoms with Crippen molar-refractivity contribution in [1.29, 1.82) is 0 Å². The van der Waals surface area contributed by atoms with Crippen molar-refractivity contribution in [2.45, 2.75) is 13.5 Å². The lowest BCUT2D eigenvalue weighted by Crippen LogP contribution is -2.46. The fourth-order valence-electron chi connectivity index (χ4n) is 3.61. The van der Waals surface area contributed by atoms with Crippen LogP contribution in [0.2, 0.25) is 5.02 Å². The van der Waals surface area contributed by atoms with Crippen molar-refractivity contribution in [3.63, 3.8) is 0 Å². The van der Waals surface area contributed by atoms with Crippen molar-refractivity contribution in [3.05, 3.63) is 64.8 Å². The summed E-state index contributed by atoms with van der Waals surface area (Å²) in [6, 6.07) is 15.7. The number of hydrogen-bond acceptors (Lipinski definition) is 4. The van der Waals surface area contributed by atoms with E-state index in [1.165, 1.54) is 0 Å². The van der Waals surface area contributed by atoms with Gasteiger partial charge < -0.3 is 10.0 Å². The summed E-state index contributed by atoms with van der Waals surface area (Å²) in [6.45, 7) is 6.39. The molecule has 1 fully saturated rings. The molecule has 0 aliphatic carbocycles. The monoisotopic (exact) mass is 367 g/mol. The number of halogens is 1. The second-order valence-electron chi connectivity index (χ2n) is 6.77. The van der Waals surface area contributed by atoms with E-state index < -0.39 is 0 Å². The molecule has 26 heavy (non-hydrogen) atoms. The maximum atomic E-state index is 10.0. The minimum Gasteiger partial charge on any atom is -0.506 e. The van der Waals surface area contributed by atoms with Gasteiger partial charge in [-0.15, -0.1) is 0 Å². The fraction of sp³-hybridized carbons (Fsp3) is 0.286. The number of benzene rings is 2. The van der Waals surface area contributed by atoms with Gasteiger partial charge in [0.25, 0.3) is 0 Å². The molecular formula is C21H22ClN3O. The van der Waals surface area contributed by atoms with Crippen LogP contribution < -0.4 is 4.90 Å². The largest absolute Gasteiger partial charge is 0.506 e. The molecule has 0 unspecified atom stereocenters. The van der Waals surface area contributed by atoms with Gasteiger partial charge in [0.05, 0.1) is 21.9 Å². The van der Waals surface area contributed by atoms with Crippen LogP contribution in [0.5, 0.6) is 5.75 Å².